The van der Waals surface area contributed by atoms with E-state index < -0.39 is 16.9 Å². The van der Waals surface area contributed by atoms with Crippen LogP contribution < -0.4 is 10.1 Å². The molecule has 0 radical (unpaired) electrons. The van der Waals surface area contributed by atoms with Gasteiger partial charge in [0.15, 0.2) is 0 Å². The number of fused-ring (bicyclic) bond motifs is 1. The highest BCUT2D eigenvalue weighted by Crippen LogP contribution is 2.26. The second kappa shape index (κ2) is 9.32. The molecule has 4 rings (SSSR count). The van der Waals surface area contributed by atoms with Gasteiger partial charge < -0.3 is 10.1 Å². The van der Waals surface area contributed by atoms with E-state index in [-0.39, 0.29) is 34.7 Å². The summed E-state index contributed by atoms with van der Waals surface area (Å²) in [6.07, 6.45) is 0. The summed E-state index contributed by atoms with van der Waals surface area (Å²) in [6, 6.07) is 16.2. The van der Waals surface area contributed by atoms with Gasteiger partial charge in [-0.2, -0.15) is 0 Å². The molecule has 0 spiro atoms. The third-order valence-corrected chi connectivity index (χ3v) is 5.60. The van der Waals surface area contributed by atoms with E-state index in [1.54, 1.807) is 55.5 Å². The first kappa shape index (κ1) is 22.9. The van der Waals surface area contributed by atoms with Crippen LogP contribution in [0.3, 0.4) is 0 Å². The Morgan fingerprint density at radius 2 is 1.68 bits per heavy atom. The van der Waals surface area contributed by atoms with Crippen molar-refractivity contribution in [1.82, 2.24) is 4.90 Å². The third kappa shape index (κ3) is 4.46. The van der Waals surface area contributed by atoms with Gasteiger partial charge >= 0.3 is 0 Å². The predicted molar refractivity (Wildman–Crippen MR) is 124 cm³/mol. The van der Waals surface area contributed by atoms with Gasteiger partial charge in [0.05, 0.1) is 32.7 Å². The van der Waals surface area contributed by atoms with E-state index in [4.69, 9.17) is 16.3 Å². The van der Waals surface area contributed by atoms with Crippen LogP contribution in [0.15, 0.2) is 66.7 Å². The van der Waals surface area contributed by atoms with Gasteiger partial charge in [-0.3, -0.25) is 29.4 Å². The fraction of sp³-hybridized carbons (Fsp3) is 0.125. The first-order chi connectivity index (χ1) is 16.3. The zero-order valence-electron chi connectivity index (χ0n) is 17.9. The van der Waals surface area contributed by atoms with Gasteiger partial charge in [0.25, 0.3) is 23.4 Å². The average Bonchev–Trinajstić information content (AvgIpc) is 3.08. The first-order valence-corrected chi connectivity index (χ1v) is 10.6. The normalized spacial score (nSPS) is 13.4. The van der Waals surface area contributed by atoms with E-state index in [0.29, 0.717) is 22.6 Å². The topological polar surface area (TPSA) is 119 Å². The number of amides is 3. The standard InChI is InChI=1S/C24H18ClN3O6/c1-14(27-23(30)18-4-2-3-5-19(18)24(27)31)13-34-17-9-6-15(7-10-17)26-22(29)20-12-16(28(32)33)8-11-21(20)25/h2-12,14H,13H2,1H3,(H,26,29). The summed E-state index contributed by atoms with van der Waals surface area (Å²) in [5.41, 5.74) is 0.913. The number of benzene rings is 3. The summed E-state index contributed by atoms with van der Waals surface area (Å²) in [4.78, 5) is 49.2. The van der Waals surface area contributed by atoms with Crippen molar-refractivity contribution < 1.29 is 24.0 Å². The van der Waals surface area contributed by atoms with Gasteiger partial charge in [-0.25, -0.2) is 0 Å². The highest BCUT2D eigenvalue weighted by atomic mass is 35.5. The summed E-state index contributed by atoms with van der Waals surface area (Å²) in [5.74, 6) is -0.833. The van der Waals surface area contributed by atoms with Crippen molar-refractivity contribution in [2.45, 2.75) is 13.0 Å². The highest BCUT2D eigenvalue weighted by Gasteiger charge is 2.38. The number of rotatable bonds is 7. The largest absolute Gasteiger partial charge is 0.491 e. The Morgan fingerprint density at radius 3 is 2.26 bits per heavy atom. The molecule has 0 saturated carbocycles. The van der Waals surface area contributed by atoms with Crippen LogP contribution in [-0.4, -0.2) is 40.2 Å². The van der Waals surface area contributed by atoms with Crippen LogP contribution in [-0.2, 0) is 0 Å². The Morgan fingerprint density at radius 1 is 1.06 bits per heavy atom. The summed E-state index contributed by atoms with van der Waals surface area (Å²) >= 11 is 6.01. The van der Waals surface area contributed by atoms with E-state index >= 15 is 0 Å². The SMILES string of the molecule is CC(COc1ccc(NC(=O)c2cc([N+](=O)[O-])ccc2Cl)cc1)N1C(=O)c2ccccc2C1=O. The summed E-state index contributed by atoms with van der Waals surface area (Å²) < 4.78 is 5.73. The van der Waals surface area contributed by atoms with Gasteiger partial charge in [0.2, 0.25) is 0 Å². The molecule has 1 N–H and O–H groups in total. The minimum absolute atomic E-state index is 0.0223. The lowest BCUT2D eigenvalue weighted by Gasteiger charge is -2.22. The second-order valence-electron chi connectivity index (χ2n) is 7.59. The number of anilines is 1. The summed E-state index contributed by atoms with van der Waals surface area (Å²) in [6.45, 7) is 1.81. The molecule has 1 unspecified atom stereocenters. The smallest absolute Gasteiger partial charge is 0.270 e. The minimum Gasteiger partial charge on any atom is -0.491 e. The maximum Gasteiger partial charge on any atom is 0.270 e. The Hall–Kier alpha value is -4.24. The maximum absolute atomic E-state index is 12.6. The Bertz CT molecular complexity index is 1270. The van der Waals surface area contributed by atoms with Crippen molar-refractivity contribution in [3.8, 4) is 5.75 Å². The number of nitrogens with one attached hydrogen (secondary N) is 1. The molecule has 1 aliphatic heterocycles. The molecule has 0 saturated heterocycles. The minimum atomic E-state index is -0.609. The van der Waals surface area contributed by atoms with Crippen molar-refractivity contribution >= 4 is 40.7 Å². The van der Waals surface area contributed by atoms with Crippen LogP contribution in [0, 0.1) is 10.1 Å². The lowest BCUT2D eigenvalue weighted by molar-refractivity contribution is -0.384. The van der Waals surface area contributed by atoms with Crippen LogP contribution in [0.1, 0.15) is 38.0 Å². The quantitative estimate of drug-likeness (QED) is 0.301. The van der Waals surface area contributed by atoms with Crippen molar-refractivity contribution in [3.63, 3.8) is 0 Å². The lowest BCUT2D eigenvalue weighted by atomic mass is 10.1. The van der Waals surface area contributed by atoms with E-state index in [1.165, 1.54) is 17.0 Å². The van der Waals surface area contributed by atoms with E-state index in [2.05, 4.69) is 5.32 Å². The van der Waals surface area contributed by atoms with Gasteiger partial charge in [-0.15, -0.1) is 0 Å². The molecule has 9 nitrogen and oxygen atoms in total. The molecular weight excluding hydrogens is 462 g/mol. The molecule has 0 fully saturated rings. The number of hydrogen-bond acceptors (Lipinski definition) is 6. The number of nitrogens with zero attached hydrogens (tertiary/aromatic N) is 2. The molecule has 3 amide bonds. The number of non-ortho nitro benzene ring substituents is 1. The fourth-order valence-electron chi connectivity index (χ4n) is 3.53. The van der Waals surface area contributed by atoms with Crippen LogP contribution in [0.25, 0.3) is 0 Å². The lowest BCUT2D eigenvalue weighted by Crippen LogP contribution is -2.41. The Kier molecular flexibility index (Phi) is 6.29. The monoisotopic (exact) mass is 479 g/mol. The number of nitro groups is 1. The maximum atomic E-state index is 12.6. The third-order valence-electron chi connectivity index (χ3n) is 5.28. The Labute approximate surface area is 199 Å². The van der Waals surface area contributed by atoms with Crippen molar-refractivity contribution in [1.29, 1.82) is 0 Å². The molecule has 1 heterocycles. The van der Waals surface area contributed by atoms with Crippen LogP contribution in [0.2, 0.25) is 5.02 Å². The molecule has 34 heavy (non-hydrogen) atoms. The number of ether oxygens (including phenoxy) is 1. The molecule has 3 aromatic rings. The first-order valence-electron chi connectivity index (χ1n) is 10.2. The molecule has 172 valence electrons. The van der Waals surface area contributed by atoms with Crippen molar-refractivity contribution in [3.05, 3.63) is 98.6 Å². The van der Waals surface area contributed by atoms with E-state index in [0.717, 1.165) is 6.07 Å². The van der Waals surface area contributed by atoms with E-state index in [1.807, 2.05) is 0 Å². The van der Waals surface area contributed by atoms with Crippen molar-refractivity contribution in [2.75, 3.05) is 11.9 Å². The number of nitro benzene ring substituents is 1. The highest BCUT2D eigenvalue weighted by molar-refractivity contribution is 6.34. The number of carbonyl (C=O) groups excluding carboxylic acids is 3. The molecule has 0 bridgehead atoms. The molecule has 3 aromatic carbocycles. The van der Waals surface area contributed by atoms with Crippen LogP contribution in [0.4, 0.5) is 11.4 Å². The predicted octanol–water partition coefficient (Wildman–Crippen LogP) is 4.56. The van der Waals surface area contributed by atoms with E-state index in [9.17, 15) is 24.5 Å². The van der Waals surface area contributed by atoms with Gasteiger partial charge in [-0.05, 0) is 49.4 Å². The number of hydrogen-bond donors (Lipinski definition) is 1. The van der Waals surface area contributed by atoms with Crippen LogP contribution >= 0.6 is 11.6 Å². The van der Waals surface area contributed by atoms with Crippen LogP contribution in [0.5, 0.6) is 5.75 Å². The molecule has 0 aliphatic carbocycles. The van der Waals surface area contributed by atoms with Gasteiger partial charge in [-0.1, -0.05) is 23.7 Å². The fourth-order valence-corrected chi connectivity index (χ4v) is 3.74. The number of carbonyl (C=O) groups is 3. The summed E-state index contributed by atoms with van der Waals surface area (Å²) in [7, 11) is 0. The zero-order chi connectivity index (χ0) is 24.4. The zero-order valence-corrected chi connectivity index (χ0v) is 18.6. The molecule has 10 heteroatoms. The molecule has 1 aliphatic rings. The molecule has 0 aromatic heterocycles. The van der Waals surface area contributed by atoms with Gasteiger partial charge in [0, 0.05) is 17.8 Å². The van der Waals surface area contributed by atoms with Crippen molar-refractivity contribution in [2.24, 2.45) is 0 Å². The van der Waals surface area contributed by atoms with Gasteiger partial charge in [0.1, 0.15) is 12.4 Å². The Balaban J connectivity index is 1.37. The summed E-state index contributed by atoms with van der Waals surface area (Å²) in [5, 5.41) is 13.7. The number of imide groups is 1. The number of halogens is 1. The second-order valence-corrected chi connectivity index (χ2v) is 7.99. The molecular formula is C24H18ClN3O6. The molecule has 1 atom stereocenters. The average molecular weight is 480 g/mol.